The summed E-state index contributed by atoms with van der Waals surface area (Å²) in [6.45, 7) is 27.5. The maximum Gasteiger partial charge on any atom is -0.00458 e. The van der Waals surface area contributed by atoms with Gasteiger partial charge in [0.25, 0.3) is 0 Å². The van der Waals surface area contributed by atoms with Crippen LogP contribution in [0, 0.1) is 10.8 Å². The minimum absolute atomic E-state index is 0.136. The van der Waals surface area contributed by atoms with Crippen LogP contribution in [0.5, 0.6) is 0 Å². The normalized spacial score (nSPS) is 16.4. The van der Waals surface area contributed by atoms with Crippen LogP contribution in [-0.2, 0) is 10.8 Å². The molecule has 0 fully saturated rings. The molecule has 0 saturated carbocycles. The van der Waals surface area contributed by atoms with Crippen LogP contribution in [0.2, 0.25) is 0 Å². The largest absolute Gasteiger partial charge is 0.0978 e. The lowest BCUT2D eigenvalue weighted by atomic mass is 9.79. The lowest BCUT2D eigenvalue weighted by molar-refractivity contribution is 0.521. The van der Waals surface area contributed by atoms with E-state index in [-0.39, 0.29) is 21.7 Å². The highest BCUT2D eigenvalue weighted by Crippen LogP contribution is 2.48. The highest BCUT2D eigenvalue weighted by molar-refractivity contribution is 8.06. The zero-order valence-electron chi connectivity index (χ0n) is 23.2. The summed E-state index contributed by atoms with van der Waals surface area (Å²) in [4.78, 5) is 2.86. The van der Waals surface area contributed by atoms with Gasteiger partial charge in [0.1, 0.15) is 0 Å². The number of thioether (sulfide) groups is 1. The molecule has 0 amide bonds. The van der Waals surface area contributed by atoms with Crippen LogP contribution in [0.25, 0.3) is 6.08 Å². The number of benzene rings is 1. The van der Waals surface area contributed by atoms with Gasteiger partial charge >= 0.3 is 0 Å². The van der Waals surface area contributed by atoms with Crippen LogP contribution < -0.4 is 0 Å². The van der Waals surface area contributed by atoms with E-state index in [4.69, 9.17) is 0 Å². The van der Waals surface area contributed by atoms with Crippen molar-refractivity contribution in [3.05, 3.63) is 86.7 Å². The molecule has 0 bridgehead atoms. The summed E-state index contributed by atoms with van der Waals surface area (Å²) >= 11 is 1.94. The van der Waals surface area contributed by atoms with E-state index >= 15 is 0 Å². The molecule has 180 valence electrons. The van der Waals surface area contributed by atoms with E-state index in [0.717, 1.165) is 0 Å². The van der Waals surface area contributed by atoms with Crippen molar-refractivity contribution in [1.29, 1.82) is 0 Å². The molecule has 0 unspecified atom stereocenters. The third-order valence-corrected chi connectivity index (χ3v) is 7.68. The molecular weight excluding hydrogens is 416 g/mol. The Labute approximate surface area is 209 Å². The van der Waals surface area contributed by atoms with Crippen LogP contribution in [0.15, 0.2) is 70.0 Å². The minimum atomic E-state index is 0.136. The average Bonchev–Trinajstić information content (AvgIpc) is 2.64. The highest BCUT2D eigenvalue weighted by Gasteiger charge is 2.27. The van der Waals surface area contributed by atoms with Crippen LogP contribution in [-0.4, -0.2) is 0 Å². The van der Waals surface area contributed by atoms with Crippen LogP contribution >= 0.6 is 11.8 Å². The van der Waals surface area contributed by atoms with Gasteiger partial charge in [0, 0.05) is 0 Å². The van der Waals surface area contributed by atoms with Gasteiger partial charge in [0.2, 0.25) is 0 Å². The molecule has 0 atom stereocenters. The summed E-state index contributed by atoms with van der Waals surface area (Å²) in [7, 11) is 0. The number of hydrogen-bond donors (Lipinski definition) is 0. The van der Waals surface area contributed by atoms with Gasteiger partial charge in [-0.2, -0.15) is 0 Å². The van der Waals surface area contributed by atoms with Gasteiger partial charge in [-0.1, -0.05) is 143 Å². The molecule has 1 aromatic rings. The van der Waals surface area contributed by atoms with Crippen LogP contribution in [0.4, 0.5) is 0 Å². The Morgan fingerprint density at radius 2 is 1.00 bits per heavy atom. The van der Waals surface area contributed by atoms with Crippen molar-refractivity contribution >= 4 is 17.8 Å². The summed E-state index contributed by atoms with van der Waals surface area (Å²) < 4.78 is 0. The summed E-state index contributed by atoms with van der Waals surface area (Å²) in [5.74, 6) is 0. The second-order valence-corrected chi connectivity index (χ2v) is 14.5. The van der Waals surface area contributed by atoms with Gasteiger partial charge in [-0.15, -0.1) is 0 Å². The Kier molecular flexibility index (Phi) is 8.23. The Bertz CT molecular complexity index is 930. The predicted octanol–water partition coefficient (Wildman–Crippen LogP) is 10.4. The van der Waals surface area contributed by atoms with E-state index in [9.17, 15) is 0 Å². The van der Waals surface area contributed by atoms with Crippen LogP contribution in [0.3, 0.4) is 0 Å². The lowest BCUT2D eigenvalue weighted by Crippen LogP contribution is -2.16. The van der Waals surface area contributed by atoms with Crippen molar-refractivity contribution in [2.75, 3.05) is 0 Å². The first kappa shape index (κ1) is 27.5. The number of rotatable bonds is 3. The Morgan fingerprint density at radius 1 is 0.545 bits per heavy atom. The summed E-state index contributed by atoms with van der Waals surface area (Å²) in [6, 6.07) is 7.02. The Hall–Kier alpha value is -1.73. The lowest BCUT2D eigenvalue weighted by Gasteiger charge is -2.31. The minimum Gasteiger partial charge on any atom is -0.0978 e. The number of hydrogen-bond acceptors (Lipinski definition) is 1. The van der Waals surface area contributed by atoms with Gasteiger partial charge in [0.05, 0.1) is 0 Å². The molecule has 0 aromatic heterocycles. The predicted molar refractivity (Wildman–Crippen MR) is 153 cm³/mol. The van der Waals surface area contributed by atoms with E-state index in [1.54, 1.807) is 0 Å². The Balaban J connectivity index is 2.32. The van der Waals surface area contributed by atoms with Crippen molar-refractivity contribution in [1.82, 2.24) is 0 Å². The molecule has 1 aliphatic heterocycles. The molecule has 33 heavy (non-hydrogen) atoms. The zero-order valence-corrected chi connectivity index (χ0v) is 24.0. The van der Waals surface area contributed by atoms with Gasteiger partial charge in [0.15, 0.2) is 0 Å². The molecule has 1 heteroatoms. The molecule has 1 aromatic carbocycles. The molecule has 1 heterocycles. The van der Waals surface area contributed by atoms with Crippen molar-refractivity contribution in [3.63, 3.8) is 0 Å². The van der Waals surface area contributed by atoms with Gasteiger partial charge in [-0.25, -0.2) is 0 Å². The first-order valence-electron chi connectivity index (χ1n) is 12.2. The quantitative estimate of drug-likeness (QED) is 0.402. The molecular formula is C32H46S. The topological polar surface area (TPSA) is 0 Å². The molecule has 2 rings (SSSR count). The average molecular weight is 463 g/mol. The van der Waals surface area contributed by atoms with E-state index < -0.39 is 0 Å². The SMILES string of the molecule is CC(C)(C)C1=CC(=C/C=C/C=C/c2cc(C(C)(C)C)cc(C(C)(C)C)c2)C=C(C(C)(C)C)S1. The molecule has 0 nitrogen and oxygen atoms in total. The van der Waals surface area contributed by atoms with Crippen molar-refractivity contribution < 1.29 is 0 Å². The smallest absolute Gasteiger partial charge is 0.00458 e. The second kappa shape index (κ2) is 9.87. The van der Waals surface area contributed by atoms with Crippen molar-refractivity contribution in [2.45, 2.75) is 93.9 Å². The van der Waals surface area contributed by atoms with E-state index in [0.29, 0.717) is 0 Å². The monoisotopic (exact) mass is 462 g/mol. The van der Waals surface area contributed by atoms with Gasteiger partial charge in [-0.05, 0) is 65.9 Å². The standard InChI is InChI=1S/C32H46S/c1-29(2,3)25-18-23(19-26(22-25)30(4,5)6)16-14-13-15-17-24-20-27(31(7,8)9)33-28(21-24)32(10,11)12/h13-22H,1-12H3/b15-13+,16-14+. The van der Waals surface area contributed by atoms with Gasteiger partial charge in [-0.3, -0.25) is 0 Å². The van der Waals surface area contributed by atoms with E-state index in [1.807, 2.05) is 11.8 Å². The van der Waals surface area contributed by atoms with Crippen molar-refractivity contribution in [3.8, 4) is 0 Å². The maximum absolute atomic E-state index is 2.37. The molecule has 0 radical (unpaired) electrons. The first-order valence-corrected chi connectivity index (χ1v) is 13.0. The fraction of sp³-hybridized carbons (Fsp3) is 0.500. The molecule has 0 saturated heterocycles. The van der Waals surface area contributed by atoms with Gasteiger partial charge < -0.3 is 0 Å². The molecule has 0 N–H and O–H groups in total. The third-order valence-electron chi connectivity index (χ3n) is 5.78. The van der Waals surface area contributed by atoms with E-state index in [1.165, 1.54) is 32.1 Å². The van der Waals surface area contributed by atoms with E-state index in [2.05, 4.69) is 144 Å². The third kappa shape index (κ3) is 8.21. The molecule has 0 aliphatic carbocycles. The summed E-state index contributed by atoms with van der Waals surface area (Å²) in [5.41, 5.74) is 5.90. The maximum atomic E-state index is 2.37. The fourth-order valence-electron chi connectivity index (χ4n) is 3.37. The Morgan fingerprint density at radius 3 is 1.39 bits per heavy atom. The summed E-state index contributed by atoms with van der Waals surface area (Å²) in [6.07, 6.45) is 15.6. The summed E-state index contributed by atoms with van der Waals surface area (Å²) in [5, 5.41) is 0. The second-order valence-electron chi connectivity index (χ2n) is 13.4. The van der Waals surface area contributed by atoms with Crippen molar-refractivity contribution in [2.24, 2.45) is 10.8 Å². The molecule has 1 aliphatic rings. The number of allylic oxidation sites excluding steroid dienone is 9. The molecule has 0 spiro atoms. The fourth-order valence-corrected chi connectivity index (χ4v) is 4.61. The zero-order chi connectivity index (χ0) is 25.2. The highest BCUT2D eigenvalue weighted by atomic mass is 32.2. The first-order chi connectivity index (χ1) is 14.9. The van der Waals surface area contributed by atoms with Crippen LogP contribution in [0.1, 0.15) is 99.8 Å².